The zero-order valence-corrected chi connectivity index (χ0v) is 10.7. The first kappa shape index (κ1) is 16.6. The topological polar surface area (TPSA) is 93.1 Å². The molecule has 2 unspecified atom stereocenters. The number of hydrogen-bond acceptors (Lipinski definition) is 6. The maximum atomic E-state index is 11.1. The third-order valence-corrected chi connectivity index (χ3v) is 1.92. The highest BCUT2D eigenvalue weighted by atomic mass is 16.5. The van der Waals surface area contributed by atoms with Crippen LogP contribution in [0.1, 0.15) is 26.7 Å². The predicted molar refractivity (Wildman–Crippen MR) is 63.7 cm³/mol. The van der Waals surface area contributed by atoms with Crippen LogP contribution >= 0.6 is 0 Å². The van der Waals surface area contributed by atoms with E-state index in [0.717, 1.165) is 12.2 Å². The number of aliphatic hydroxyl groups excluding tert-OH is 2. The highest BCUT2D eigenvalue weighted by molar-refractivity contribution is 5.91. The van der Waals surface area contributed by atoms with Gasteiger partial charge in [-0.1, -0.05) is 0 Å². The maximum absolute atomic E-state index is 11.1. The minimum Gasteiger partial charge on any atom is -0.462 e. The van der Waals surface area contributed by atoms with Crippen molar-refractivity contribution in [2.75, 3.05) is 13.2 Å². The van der Waals surface area contributed by atoms with Crippen LogP contribution in [0.25, 0.3) is 0 Å². The summed E-state index contributed by atoms with van der Waals surface area (Å²) < 4.78 is 9.42. The molecule has 0 bridgehead atoms. The molecular weight excluding hydrogens is 240 g/mol. The van der Waals surface area contributed by atoms with E-state index in [0.29, 0.717) is 12.8 Å². The largest absolute Gasteiger partial charge is 0.462 e. The second-order valence-electron chi connectivity index (χ2n) is 3.94. The molecule has 0 heterocycles. The van der Waals surface area contributed by atoms with Crippen LogP contribution in [0.5, 0.6) is 0 Å². The molecule has 0 spiro atoms. The summed E-state index contributed by atoms with van der Waals surface area (Å²) in [5.41, 5.74) is 0. The molecule has 0 saturated heterocycles. The summed E-state index contributed by atoms with van der Waals surface area (Å²) in [5.74, 6) is -1.33. The molecular formula is C12H20O6. The third-order valence-electron chi connectivity index (χ3n) is 1.92. The Morgan fingerprint density at radius 2 is 1.28 bits per heavy atom. The fourth-order valence-electron chi connectivity index (χ4n) is 0.892. The number of aliphatic hydroxyl groups is 2. The third kappa shape index (κ3) is 11.1. The van der Waals surface area contributed by atoms with E-state index in [-0.39, 0.29) is 13.2 Å². The highest BCUT2D eigenvalue weighted by Crippen LogP contribution is 1.94. The predicted octanol–water partition coefficient (Wildman–Crippen LogP) is 0.171. The van der Waals surface area contributed by atoms with Gasteiger partial charge < -0.3 is 19.7 Å². The Labute approximate surface area is 106 Å². The summed E-state index contributed by atoms with van der Waals surface area (Å²) in [6, 6.07) is 0. The lowest BCUT2D eigenvalue weighted by molar-refractivity contribution is -0.141. The molecule has 18 heavy (non-hydrogen) atoms. The lowest BCUT2D eigenvalue weighted by Crippen LogP contribution is -2.11. The van der Waals surface area contributed by atoms with Crippen molar-refractivity contribution in [3.63, 3.8) is 0 Å². The Hall–Kier alpha value is -1.40. The Bertz CT molecular complexity index is 254. The van der Waals surface area contributed by atoms with Crippen LogP contribution in [0.15, 0.2) is 12.2 Å². The smallest absolute Gasteiger partial charge is 0.331 e. The van der Waals surface area contributed by atoms with E-state index in [1.165, 1.54) is 0 Å². The van der Waals surface area contributed by atoms with Crippen molar-refractivity contribution in [3.05, 3.63) is 12.2 Å². The van der Waals surface area contributed by atoms with Crippen molar-refractivity contribution in [1.29, 1.82) is 0 Å². The lowest BCUT2D eigenvalue weighted by Gasteiger charge is -2.04. The number of carbonyl (C=O) groups excluding carboxylic acids is 2. The van der Waals surface area contributed by atoms with Crippen LogP contribution in [-0.4, -0.2) is 47.6 Å². The van der Waals surface area contributed by atoms with Crippen molar-refractivity contribution >= 4 is 11.9 Å². The molecule has 2 atom stereocenters. The highest BCUT2D eigenvalue weighted by Gasteiger charge is 2.03. The van der Waals surface area contributed by atoms with Gasteiger partial charge in [0.15, 0.2) is 0 Å². The standard InChI is InChI=1S/C12H20O6/c1-9(13)5-7-17-11(15)3-4-12(16)18-8-6-10(2)14/h3-4,9-10,13-14H,5-8H2,1-2H3/b4-3+. The summed E-state index contributed by atoms with van der Waals surface area (Å²) in [4.78, 5) is 22.1. The lowest BCUT2D eigenvalue weighted by atomic mass is 10.3. The Morgan fingerprint density at radius 1 is 0.944 bits per heavy atom. The van der Waals surface area contributed by atoms with Crippen LogP contribution in [0.3, 0.4) is 0 Å². The molecule has 2 N–H and O–H groups in total. The number of ether oxygens (including phenoxy) is 2. The van der Waals surface area contributed by atoms with Crippen molar-refractivity contribution in [2.45, 2.75) is 38.9 Å². The van der Waals surface area contributed by atoms with E-state index in [9.17, 15) is 9.59 Å². The van der Waals surface area contributed by atoms with E-state index in [1.807, 2.05) is 0 Å². The number of rotatable bonds is 8. The number of hydrogen-bond donors (Lipinski definition) is 2. The molecule has 104 valence electrons. The van der Waals surface area contributed by atoms with E-state index in [2.05, 4.69) is 0 Å². The number of carbonyl (C=O) groups is 2. The molecule has 0 rings (SSSR count). The first-order valence-electron chi connectivity index (χ1n) is 5.79. The van der Waals surface area contributed by atoms with Crippen LogP contribution in [0.2, 0.25) is 0 Å². The quantitative estimate of drug-likeness (QED) is 0.477. The summed E-state index contributed by atoms with van der Waals surface area (Å²) in [6.07, 6.45) is 1.55. The Balaban J connectivity index is 3.71. The fraction of sp³-hybridized carbons (Fsp3) is 0.667. The summed E-state index contributed by atoms with van der Waals surface area (Å²) in [7, 11) is 0. The van der Waals surface area contributed by atoms with Gasteiger partial charge in [-0.05, 0) is 13.8 Å². The van der Waals surface area contributed by atoms with Crippen LogP contribution in [0, 0.1) is 0 Å². The maximum Gasteiger partial charge on any atom is 0.331 e. The van der Waals surface area contributed by atoms with E-state index >= 15 is 0 Å². The zero-order chi connectivity index (χ0) is 14.0. The van der Waals surface area contributed by atoms with E-state index in [1.54, 1.807) is 13.8 Å². The molecule has 0 amide bonds. The molecule has 6 heteroatoms. The average molecular weight is 260 g/mol. The van der Waals surface area contributed by atoms with Gasteiger partial charge in [0, 0.05) is 25.0 Å². The van der Waals surface area contributed by atoms with Gasteiger partial charge in [-0.25, -0.2) is 9.59 Å². The van der Waals surface area contributed by atoms with Gasteiger partial charge in [-0.3, -0.25) is 0 Å². The molecule has 0 saturated carbocycles. The van der Waals surface area contributed by atoms with Crippen molar-refractivity contribution < 1.29 is 29.3 Å². The van der Waals surface area contributed by atoms with Crippen LogP contribution in [0.4, 0.5) is 0 Å². The van der Waals surface area contributed by atoms with Gasteiger partial charge in [-0.15, -0.1) is 0 Å². The zero-order valence-electron chi connectivity index (χ0n) is 10.7. The molecule has 0 aromatic carbocycles. The second-order valence-corrected chi connectivity index (χ2v) is 3.94. The molecule has 0 aromatic rings. The second kappa shape index (κ2) is 9.61. The molecule has 6 nitrogen and oxygen atoms in total. The van der Waals surface area contributed by atoms with Crippen molar-refractivity contribution in [2.24, 2.45) is 0 Å². The normalized spacial score (nSPS) is 14.2. The van der Waals surface area contributed by atoms with Gasteiger partial charge in [0.2, 0.25) is 0 Å². The van der Waals surface area contributed by atoms with Gasteiger partial charge >= 0.3 is 11.9 Å². The van der Waals surface area contributed by atoms with Crippen molar-refractivity contribution in [1.82, 2.24) is 0 Å². The molecule has 0 aliphatic heterocycles. The van der Waals surface area contributed by atoms with Gasteiger partial charge in [-0.2, -0.15) is 0 Å². The van der Waals surface area contributed by atoms with Crippen molar-refractivity contribution in [3.8, 4) is 0 Å². The van der Waals surface area contributed by atoms with Gasteiger partial charge in [0.05, 0.1) is 25.4 Å². The molecule has 0 aromatic heterocycles. The molecule has 0 fully saturated rings. The van der Waals surface area contributed by atoms with Crippen LogP contribution < -0.4 is 0 Å². The Kier molecular flexibility index (Phi) is 8.86. The minimum atomic E-state index is -0.664. The fourth-order valence-corrected chi connectivity index (χ4v) is 0.892. The average Bonchev–Trinajstić information content (AvgIpc) is 2.25. The summed E-state index contributed by atoms with van der Waals surface area (Å²) >= 11 is 0. The SMILES string of the molecule is CC(O)CCOC(=O)/C=C/C(=O)OCCC(C)O. The summed E-state index contributed by atoms with van der Waals surface area (Å²) in [6.45, 7) is 3.36. The first-order chi connectivity index (χ1) is 8.41. The van der Waals surface area contributed by atoms with Gasteiger partial charge in [0.25, 0.3) is 0 Å². The Morgan fingerprint density at radius 3 is 1.56 bits per heavy atom. The monoisotopic (exact) mass is 260 g/mol. The molecule has 0 aliphatic carbocycles. The molecule has 0 aliphatic rings. The summed E-state index contributed by atoms with van der Waals surface area (Å²) in [5, 5.41) is 17.8. The van der Waals surface area contributed by atoms with E-state index in [4.69, 9.17) is 19.7 Å². The molecule has 0 radical (unpaired) electrons. The minimum absolute atomic E-state index is 0.0952. The van der Waals surface area contributed by atoms with Gasteiger partial charge in [0.1, 0.15) is 0 Å². The number of esters is 2. The van der Waals surface area contributed by atoms with Crippen LogP contribution in [-0.2, 0) is 19.1 Å². The first-order valence-corrected chi connectivity index (χ1v) is 5.79. The van der Waals surface area contributed by atoms with E-state index < -0.39 is 24.1 Å².